The lowest BCUT2D eigenvalue weighted by molar-refractivity contribution is -0.0882. The van der Waals surface area contributed by atoms with Crippen LogP contribution in [0.5, 0.6) is 5.75 Å². The lowest BCUT2D eigenvalue weighted by atomic mass is 9.79. The van der Waals surface area contributed by atoms with Crippen molar-refractivity contribution >= 4 is 10.1 Å². The zero-order chi connectivity index (χ0) is 16.1. The SMILES string of the molecule is O=S(=O)(Oc1cnc(C2CC(F)(F)C2)c(F)c1)C(F)(F)F. The quantitative estimate of drug-likeness (QED) is 0.484. The highest BCUT2D eigenvalue weighted by molar-refractivity contribution is 7.87. The van der Waals surface area contributed by atoms with E-state index in [4.69, 9.17) is 0 Å². The molecule has 0 saturated heterocycles. The van der Waals surface area contributed by atoms with E-state index in [0.717, 1.165) is 0 Å². The number of alkyl halides is 5. The van der Waals surface area contributed by atoms with Crippen molar-refractivity contribution in [1.29, 1.82) is 0 Å². The molecule has 4 nitrogen and oxygen atoms in total. The summed E-state index contributed by atoms with van der Waals surface area (Å²) in [5.74, 6) is -5.98. The molecule has 0 N–H and O–H groups in total. The summed E-state index contributed by atoms with van der Waals surface area (Å²) in [5.41, 5.74) is -6.03. The van der Waals surface area contributed by atoms with Crippen molar-refractivity contribution < 1.29 is 38.9 Å². The minimum atomic E-state index is -5.94. The van der Waals surface area contributed by atoms with Gasteiger partial charge >= 0.3 is 15.6 Å². The first-order chi connectivity index (χ1) is 9.41. The predicted molar refractivity (Wildman–Crippen MR) is 56.7 cm³/mol. The summed E-state index contributed by atoms with van der Waals surface area (Å²) >= 11 is 0. The molecule has 0 aromatic carbocycles. The van der Waals surface area contributed by atoms with Gasteiger partial charge in [-0.2, -0.15) is 21.6 Å². The van der Waals surface area contributed by atoms with E-state index < -0.39 is 51.9 Å². The summed E-state index contributed by atoms with van der Waals surface area (Å²) in [6.45, 7) is 0. The summed E-state index contributed by atoms with van der Waals surface area (Å²) in [4.78, 5) is 3.37. The maximum Gasteiger partial charge on any atom is 0.534 e. The lowest BCUT2D eigenvalue weighted by Gasteiger charge is -2.34. The van der Waals surface area contributed by atoms with Gasteiger partial charge in [-0.3, -0.25) is 4.98 Å². The molecule has 1 heterocycles. The van der Waals surface area contributed by atoms with Crippen molar-refractivity contribution in [1.82, 2.24) is 4.98 Å². The van der Waals surface area contributed by atoms with Crippen LogP contribution in [0.25, 0.3) is 0 Å². The van der Waals surface area contributed by atoms with Crippen LogP contribution < -0.4 is 4.18 Å². The van der Waals surface area contributed by atoms with E-state index in [1.54, 1.807) is 0 Å². The first kappa shape index (κ1) is 15.9. The molecule has 21 heavy (non-hydrogen) atoms. The van der Waals surface area contributed by atoms with Gasteiger partial charge in [-0.25, -0.2) is 13.2 Å². The van der Waals surface area contributed by atoms with Gasteiger partial charge in [-0.15, -0.1) is 0 Å². The fourth-order valence-corrected chi connectivity index (χ4v) is 2.24. The van der Waals surface area contributed by atoms with E-state index in [1.807, 2.05) is 0 Å². The Morgan fingerprint density at radius 2 is 1.86 bits per heavy atom. The number of aromatic nitrogens is 1. The summed E-state index contributed by atoms with van der Waals surface area (Å²) < 4.78 is 100. The van der Waals surface area contributed by atoms with Crippen LogP contribution in [0.2, 0.25) is 0 Å². The molecule has 1 aromatic rings. The summed E-state index contributed by atoms with van der Waals surface area (Å²) in [6.07, 6.45) is -0.714. The van der Waals surface area contributed by atoms with Crippen molar-refractivity contribution in [3.05, 3.63) is 23.8 Å². The molecule has 0 bridgehead atoms. The molecule has 1 aliphatic rings. The molecule has 1 aromatic heterocycles. The normalized spacial score (nSPS) is 19.1. The van der Waals surface area contributed by atoms with Crippen molar-refractivity contribution in [2.45, 2.75) is 30.2 Å². The Morgan fingerprint density at radius 1 is 1.29 bits per heavy atom. The fraction of sp³-hybridized carbons (Fsp3) is 0.500. The Balaban J connectivity index is 2.17. The third-order valence-corrected chi connectivity index (χ3v) is 3.79. The summed E-state index contributed by atoms with van der Waals surface area (Å²) in [7, 11) is -5.94. The highest BCUT2D eigenvalue weighted by atomic mass is 32.2. The number of hydrogen-bond donors (Lipinski definition) is 0. The molecule has 1 fully saturated rings. The first-order valence-electron chi connectivity index (χ1n) is 5.45. The molecule has 11 heteroatoms. The fourth-order valence-electron chi connectivity index (χ4n) is 1.81. The Morgan fingerprint density at radius 3 is 2.29 bits per heavy atom. The minimum absolute atomic E-state index is 0.363. The van der Waals surface area contributed by atoms with Gasteiger partial charge in [-0.1, -0.05) is 0 Å². The molecular formula is C10H7F6NO3S. The highest BCUT2D eigenvalue weighted by Crippen LogP contribution is 2.48. The zero-order valence-electron chi connectivity index (χ0n) is 9.99. The van der Waals surface area contributed by atoms with Crippen LogP contribution in [0.15, 0.2) is 12.3 Å². The Bertz CT molecular complexity index is 649. The molecule has 0 aliphatic heterocycles. The van der Waals surface area contributed by atoms with E-state index in [9.17, 15) is 34.8 Å². The Kier molecular flexibility index (Phi) is 3.59. The van der Waals surface area contributed by atoms with Crippen molar-refractivity contribution in [3.63, 3.8) is 0 Å². The number of pyridine rings is 1. The standard InChI is InChI=1S/C10H7F6NO3S/c11-7-1-6(20-21(18,19)10(14,15)16)4-17-8(7)5-2-9(12,13)3-5/h1,4-5H,2-3H2. The summed E-state index contributed by atoms with van der Waals surface area (Å²) in [6, 6.07) is 0.363. The van der Waals surface area contributed by atoms with Gasteiger partial charge < -0.3 is 4.18 Å². The third-order valence-electron chi connectivity index (χ3n) is 2.81. The molecule has 0 atom stereocenters. The average molecular weight is 335 g/mol. The number of rotatable bonds is 3. The second kappa shape index (κ2) is 4.75. The molecule has 1 saturated carbocycles. The molecule has 2 rings (SSSR count). The predicted octanol–water partition coefficient (Wildman–Crippen LogP) is 2.96. The van der Waals surface area contributed by atoms with E-state index in [1.165, 1.54) is 0 Å². The lowest BCUT2D eigenvalue weighted by Crippen LogP contribution is -2.34. The van der Waals surface area contributed by atoms with Crippen LogP contribution >= 0.6 is 0 Å². The molecular weight excluding hydrogens is 328 g/mol. The van der Waals surface area contributed by atoms with Crippen molar-refractivity contribution in [2.75, 3.05) is 0 Å². The van der Waals surface area contributed by atoms with Gasteiger partial charge in [-0.05, 0) is 0 Å². The molecule has 0 radical (unpaired) electrons. The molecule has 0 amide bonds. The average Bonchev–Trinajstić information content (AvgIpc) is 2.23. The molecule has 1 aliphatic carbocycles. The maximum absolute atomic E-state index is 13.6. The number of hydrogen-bond acceptors (Lipinski definition) is 4. The van der Waals surface area contributed by atoms with Gasteiger partial charge in [0.2, 0.25) is 5.92 Å². The van der Waals surface area contributed by atoms with Crippen LogP contribution in [0.3, 0.4) is 0 Å². The smallest absolute Gasteiger partial charge is 0.374 e. The van der Waals surface area contributed by atoms with E-state index in [2.05, 4.69) is 9.17 Å². The van der Waals surface area contributed by atoms with Crippen LogP contribution in [0.4, 0.5) is 26.3 Å². The number of halogens is 6. The Hall–Kier alpha value is -1.52. The molecule has 118 valence electrons. The topological polar surface area (TPSA) is 56.3 Å². The number of nitrogens with zero attached hydrogens (tertiary/aromatic N) is 1. The van der Waals surface area contributed by atoms with E-state index in [-0.39, 0.29) is 5.69 Å². The van der Waals surface area contributed by atoms with Crippen molar-refractivity contribution in [2.24, 2.45) is 0 Å². The zero-order valence-corrected chi connectivity index (χ0v) is 10.8. The van der Waals surface area contributed by atoms with Gasteiger partial charge in [0, 0.05) is 24.8 Å². The second-order valence-electron chi connectivity index (χ2n) is 4.48. The first-order valence-corrected chi connectivity index (χ1v) is 6.86. The Labute approximate surface area is 114 Å². The third kappa shape index (κ3) is 3.22. The monoisotopic (exact) mass is 335 g/mol. The van der Waals surface area contributed by atoms with Crippen LogP contribution in [-0.2, 0) is 10.1 Å². The van der Waals surface area contributed by atoms with Gasteiger partial charge in [0.15, 0.2) is 5.75 Å². The van der Waals surface area contributed by atoms with Gasteiger partial charge in [0.1, 0.15) is 5.82 Å². The highest BCUT2D eigenvalue weighted by Gasteiger charge is 2.49. The minimum Gasteiger partial charge on any atom is -0.374 e. The summed E-state index contributed by atoms with van der Waals surface area (Å²) in [5, 5.41) is 0. The van der Waals surface area contributed by atoms with E-state index in [0.29, 0.717) is 12.3 Å². The largest absolute Gasteiger partial charge is 0.534 e. The van der Waals surface area contributed by atoms with Crippen LogP contribution in [0.1, 0.15) is 24.5 Å². The van der Waals surface area contributed by atoms with Crippen molar-refractivity contribution in [3.8, 4) is 5.75 Å². The van der Waals surface area contributed by atoms with Gasteiger partial charge in [0.05, 0.1) is 11.9 Å². The maximum atomic E-state index is 13.6. The molecule has 0 spiro atoms. The van der Waals surface area contributed by atoms with Crippen LogP contribution in [0, 0.1) is 5.82 Å². The molecule has 0 unspecified atom stereocenters. The van der Waals surface area contributed by atoms with E-state index >= 15 is 0 Å². The van der Waals surface area contributed by atoms with Crippen LogP contribution in [-0.4, -0.2) is 24.8 Å². The second-order valence-corrected chi connectivity index (χ2v) is 6.02. The van der Waals surface area contributed by atoms with Gasteiger partial charge in [0.25, 0.3) is 0 Å².